The molecule has 0 aromatic heterocycles. The van der Waals surface area contributed by atoms with E-state index in [1.807, 2.05) is 13.0 Å². The Morgan fingerprint density at radius 3 is 2.31 bits per heavy atom. The molecule has 3 aliphatic rings. The van der Waals surface area contributed by atoms with Crippen LogP contribution in [0.1, 0.15) is 54.3 Å². The third kappa shape index (κ3) is 3.52. The van der Waals surface area contributed by atoms with Crippen molar-refractivity contribution in [1.29, 1.82) is 0 Å². The molecule has 0 spiro atoms. The number of aromatic hydroxyl groups is 1. The van der Waals surface area contributed by atoms with E-state index in [-0.39, 0.29) is 28.5 Å². The van der Waals surface area contributed by atoms with E-state index in [0.29, 0.717) is 12.8 Å². The molecule has 1 N–H and O–H groups in total. The number of fused-ring (bicyclic) bond motifs is 4. The van der Waals surface area contributed by atoms with Gasteiger partial charge in [0, 0.05) is 32.8 Å². The Balaban J connectivity index is 1.91. The van der Waals surface area contributed by atoms with Crippen LogP contribution in [0.15, 0.2) is 23.8 Å². The first kappa shape index (κ1) is 22.2. The van der Waals surface area contributed by atoms with Crippen LogP contribution in [0, 0.1) is 23.7 Å². The Kier molecular flexibility index (Phi) is 5.67. The number of hydrogen-bond acceptors (Lipinski definition) is 8. The van der Waals surface area contributed by atoms with E-state index in [4.69, 9.17) is 14.2 Å². The summed E-state index contributed by atoms with van der Waals surface area (Å²) in [5, 5.41) is 10.5. The summed E-state index contributed by atoms with van der Waals surface area (Å²) < 4.78 is 16.4. The maximum absolute atomic E-state index is 13.9. The van der Waals surface area contributed by atoms with Crippen LogP contribution in [-0.4, -0.2) is 47.9 Å². The van der Waals surface area contributed by atoms with Crippen LogP contribution >= 0.6 is 0 Å². The highest BCUT2D eigenvalue weighted by Crippen LogP contribution is 2.52. The van der Waals surface area contributed by atoms with Crippen LogP contribution in [0.5, 0.6) is 11.5 Å². The maximum atomic E-state index is 13.9. The van der Waals surface area contributed by atoms with Crippen molar-refractivity contribution in [2.24, 2.45) is 23.7 Å². The number of carbonyl (C=O) groups excluding carboxylic acids is 4. The number of esters is 2. The van der Waals surface area contributed by atoms with Crippen LogP contribution in [0.2, 0.25) is 0 Å². The third-order valence-corrected chi connectivity index (χ3v) is 6.64. The predicted octanol–water partition coefficient (Wildman–Crippen LogP) is 2.86. The molecule has 170 valence electrons. The highest BCUT2D eigenvalue weighted by Gasteiger charge is 2.56. The van der Waals surface area contributed by atoms with Crippen molar-refractivity contribution in [2.45, 2.75) is 45.8 Å². The van der Waals surface area contributed by atoms with Gasteiger partial charge in [-0.3, -0.25) is 19.2 Å². The van der Waals surface area contributed by atoms with Gasteiger partial charge in [0.1, 0.15) is 17.6 Å². The second-order valence-electron chi connectivity index (χ2n) is 8.87. The summed E-state index contributed by atoms with van der Waals surface area (Å²) in [7, 11) is 1.47. The molecule has 0 aliphatic heterocycles. The molecule has 6 atom stereocenters. The first-order chi connectivity index (χ1) is 15.1. The van der Waals surface area contributed by atoms with Gasteiger partial charge in [0.15, 0.2) is 11.6 Å². The first-order valence-electron chi connectivity index (χ1n) is 10.7. The molecular formula is C24H26O8. The Hall–Kier alpha value is -3.00. The normalized spacial score (nSPS) is 31.1. The summed E-state index contributed by atoms with van der Waals surface area (Å²) in [6.45, 7) is 4.56. The van der Waals surface area contributed by atoms with Crippen LogP contribution in [0.3, 0.4) is 0 Å². The fourth-order valence-electron chi connectivity index (χ4n) is 5.61. The highest BCUT2D eigenvalue weighted by molar-refractivity contribution is 6.19. The van der Waals surface area contributed by atoms with Crippen molar-refractivity contribution in [3.8, 4) is 11.5 Å². The number of phenolic OH excluding ortho intramolecular Hbond substituents is 1. The summed E-state index contributed by atoms with van der Waals surface area (Å²) in [5.74, 6) is -4.45. The summed E-state index contributed by atoms with van der Waals surface area (Å²) >= 11 is 0. The van der Waals surface area contributed by atoms with Gasteiger partial charge < -0.3 is 19.3 Å². The number of Topliss-reactive ketones (excluding diaryl/α,β-unsaturated/α-hetero) is 2. The van der Waals surface area contributed by atoms with Gasteiger partial charge in [-0.2, -0.15) is 0 Å². The standard InChI is InChI=1S/C24H26O8/c1-10-7-13-9-16(30-4)21-22(18(13)17(8-10)32-12(3)26)24(29)20-15(31-11(2)25)6-5-14(27)19(20)23(21)28/h5-6,9-10,16-18,21-22,27H,7-8H2,1-4H3/t10-,16-,17-,18-,21-,22+/m0/s1. The summed E-state index contributed by atoms with van der Waals surface area (Å²) in [6, 6.07) is 2.54. The molecule has 1 aromatic carbocycles. The van der Waals surface area contributed by atoms with Gasteiger partial charge in [-0.25, -0.2) is 0 Å². The van der Waals surface area contributed by atoms with E-state index >= 15 is 0 Å². The van der Waals surface area contributed by atoms with Crippen LogP contribution < -0.4 is 4.74 Å². The molecular weight excluding hydrogens is 416 g/mol. The third-order valence-electron chi connectivity index (χ3n) is 6.64. The smallest absolute Gasteiger partial charge is 0.308 e. The Morgan fingerprint density at radius 1 is 1.00 bits per heavy atom. The zero-order chi connectivity index (χ0) is 23.3. The second kappa shape index (κ2) is 8.16. The maximum Gasteiger partial charge on any atom is 0.308 e. The number of methoxy groups -OCH3 is 1. The van der Waals surface area contributed by atoms with E-state index < -0.39 is 53.5 Å². The monoisotopic (exact) mass is 442 g/mol. The lowest BCUT2D eigenvalue weighted by molar-refractivity contribution is -0.152. The highest BCUT2D eigenvalue weighted by atomic mass is 16.5. The van der Waals surface area contributed by atoms with E-state index in [1.165, 1.54) is 33.1 Å². The van der Waals surface area contributed by atoms with Gasteiger partial charge in [0.05, 0.1) is 23.1 Å². The molecule has 0 radical (unpaired) electrons. The lowest BCUT2D eigenvalue weighted by Crippen LogP contribution is -2.54. The van der Waals surface area contributed by atoms with Crippen molar-refractivity contribution >= 4 is 23.5 Å². The molecule has 1 fully saturated rings. The molecule has 3 aliphatic carbocycles. The summed E-state index contributed by atoms with van der Waals surface area (Å²) in [4.78, 5) is 51.0. The Morgan fingerprint density at radius 2 is 1.69 bits per heavy atom. The van der Waals surface area contributed by atoms with Crippen molar-refractivity contribution in [3.63, 3.8) is 0 Å². The molecule has 0 amide bonds. The van der Waals surface area contributed by atoms with Crippen molar-refractivity contribution < 1.29 is 38.5 Å². The van der Waals surface area contributed by atoms with E-state index in [9.17, 15) is 24.3 Å². The molecule has 0 bridgehead atoms. The van der Waals surface area contributed by atoms with Gasteiger partial charge in [0.25, 0.3) is 0 Å². The number of hydrogen-bond donors (Lipinski definition) is 1. The molecule has 1 aromatic rings. The molecule has 8 nitrogen and oxygen atoms in total. The van der Waals surface area contributed by atoms with Crippen LogP contribution in [0.25, 0.3) is 0 Å². The van der Waals surface area contributed by atoms with E-state index in [1.54, 1.807) is 0 Å². The zero-order valence-corrected chi connectivity index (χ0v) is 18.4. The van der Waals surface area contributed by atoms with E-state index in [2.05, 4.69) is 0 Å². The van der Waals surface area contributed by atoms with Crippen LogP contribution in [0.4, 0.5) is 0 Å². The SMILES string of the molecule is CO[C@H]1C=C2C[C@H](C)C[C@H](OC(C)=O)[C@H]2[C@H]2C(=O)c3c(OC(C)=O)ccc(O)c3C(=O)[C@H]21. The molecule has 0 unspecified atom stereocenters. The molecule has 1 saturated carbocycles. The van der Waals surface area contributed by atoms with Crippen molar-refractivity contribution in [2.75, 3.05) is 7.11 Å². The minimum absolute atomic E-state index is 0.0691. The largest absolute Gasteiger partial charge is 0.507 e. The number of rotatable bonds is 3. The fourth-order valence-corrected chi connectivity index (χ4v) is 5.61. The topological polar surface area (TPSA) is 116 Å². The number of benzene rings is 1. The number of ether oxygens (including phenoxy) is 3. The molecule has 0 saturated heterocycles. The molecule has 4 rings (SSSR count). The van der Waals surface area contributed by atoms with Gasteiger partial charge in [0.2, 0.25) is 0 Å². The molecule has 32 heavy (non-hydrogen) atoms. The Labute approximate surface area is 185 Å². The van der Waals surface area contributed by atoms with Gasteiger partial charge in [-0.1, -0.05) is 18.6 Å². The number of carbonyl (C=O) groups is 4. The van der Waals surface area contributed by atoms with Gasteiger partial charge >= 0.3 is 11.9 Å². The minimum atomic E-state index is -0.890. The predicted molar refractivity (Wildman–Crippen MR) is 111 cm³/mol. The second-order valence-corrected chi connectivity index (χ2v) is 8.87. The average Bonchev–Trinajstić information content (AvgIpc) is 2.70. The van der Waals surface area contributed by atoms with E-state index in [0.717, 1.165) is 5.57 Å². The molecule has 8 heteroatoms. The van der Waals surface area contributed by atoms with Gasteiger partial charge in [-0.05, 0) is 30.9 Å². The summed E-state index contributed by atoms with van der Waals surface area (Å²) in [6.07, 6.45) is 1.88. The number of phenols is 1. The lowest BCUT2D eigenvalue weighted by atomic mass is 9.57. The average molecular weight is 442 g/mol. The first-order valence-corrected chi connectivity index (χ1v) is 10.7. The summed E-state index contributed by atoms with van der Waals surface area (Å²) in [5.41, 5.74) is 0.645. The minimum Gasteiger partial charge on any atom is -0.507 e. The molecule has 0 heterocycles. The quantitative estimate of drug-likeness (QED) is 0.432. The van der Waals surface area contributed by atoms with Gasteiger partial charge in [-0.15, -0.1) is 0 Å². The number of ketones is 2. The van der Waals surface area contributed by atoms with Crippen molar-refractivity contribution in [1.82, 2.24) is 0 Å². The van der Waals surface area contributed by atoms with Crippen LogP contribution in [-0.2, 0) is 19.1 Å². The van der Waals surface area contributed by atoms with Crippen molar-refractivity contribution in [3.05, 3.63) is 34.9 Å². The lowest BCUT2D eigenvalue weighted by Gasteiger charge is -2.48. The fraction of sp³-hybridized carbons (Fsp3) is 0.500. The zero-order valence-electron chi connectivity index (χ0n) is 18.4. The Bertz CT molecular complexity index is 1040.